The second-order valence-electron chi connectivity index (χ2n) is 10.0. The van der Waals surface area contributed by atoms with Crippen LogP contribution < -0.4 is 14.4 Å². The van der Waals surface area contributed by atoms with Crippen LogP contribution in [0.4, 0.5) is 4.79 Å². The Hall–Kier alpha value is -4.10. The maximum absolute atomic E-state index is 15.1. The normalized spacial score (nSPS) is 12.0. The average Bonchev–Trinajstić information content (AvgIpc) is 3.03. The molecule has 6 aromatic rings. The van der Waals surface area contributed by atoms with Crippen molar-refractivity contribution in [1.82, 2.24) is 5.32 Å². The molecule has 0 aromatic heterocycles. The minimum Gasteiger partial charge on any atom is -0.445 e. The van der Waals surface area contributed by atoms with Crippen LogP contribution in [0, 0.1) is 0 Å². The first-order chi connectivity index (χ1) is 21.3. The number of amides is 1. The predicted octanol–water partition coefficient (Wildman–Crippen LogP) is 10.8. The van der Waals surface area contributed by atoms with Crippen molar-refractivity contribution >= 4 is 67.1 Å². The molecule has 0 aliphatic rings. The van der Waals surface area contributed by atoms with Crippen LogP contribution in [-0.2, 0) is 15.9 Å². The van der Waals surface area contributed by atoms with Crippen molar-refractivity contribution in [1.29, 1.82) is 0 Å². The van der Waals surface area contributed by atoms with Gasteiger partial charge >= 0.3 is 13.7 Å². The van der Waals surface area contributed by atoms with Crippen LogP contribution in [-0.4, -0.2) is 6.09 Å². The van der Waals surface area contributed by atoms with E-state index in [0.29, 0.717) is 17.1 Å². The maximum atomic E-state index is 15.1. The van der Waals surface area contributed by atoms with E-state index in [1.54, 1.807) is 48.5 Å². The minimum atomic E-state index is -4.25. The van der Waals surface area contributed by atoms with Crippen molar-refractivity contribution in [2.24, 2.45) is 0 Å². The Morgan fingerprint density at radius 1 is 0.636 bits per heavy atom. The summed E-state index contributed by atoms with van der Waals surface area (Å²) in [4.78, 5) is 13.2. The van der Waals surface area contributed by atoms with E-state index in [0.717, 1.165) is 36.1 Å². The number of ether oxygens (including phenoxy) is 1. The molecule has 0 bridgehead atoms. The van der Waals surface area contributed by atoms with Crippen LogP contribution in [0.25, 0.3) is 21.5 Å². The van der Waals surface area contributed by atoms with E-state index in [2.05, 4.69) is 37.2 Å². The maximum Gasteiger partial charge on any atom is 0.457 e. The Morgan fingerprint density at radius 3 is 1.66 bits per heavy atom. The third-order valence-electron chi connectivity index (χ3n) is 6.91. The van der Waals surface area contributed by atoms with Crippen LogP contribution in [0.2, 0.25) is 0 Å². The SMILES string of the molecule is O=C(NC(c1ccccc1)P(=O)(Oc1ccc2cc(Br)ccc2c1)Oc1ccc2cc(Br)ccc2c1)OCc1ccccc1. The number of nitrogens with one attached hydrogen (secondary N) is 1. The topological polar surface area (TPSA) is 73.9 Å². The summed E-state index contributed by atoms with van der Waals surface area (Å²) in [5.41, 5.74) is 1.35. The molecule has 0 spiro atoms. The lowest BCUT2D eigenvalue weighted by Crippen LogP contribution is -2.31. The lowest BCUT2D eigenvalue weighted by molar-refractivity contribution is 0.137. The van der Waals surface area contributed by atoms with Crippen molar-refractivity contribution in [2.45, 2.75) is 12.4 Å². The summed E-state index contributed by atoms with van der Waals surface area (Å²) in [5, 5.41) is 6.52. The van der Waals surface area contributed by atoms with E-state index in [1.807, 2.05) is 84.9 Å². The van der Waals surface area contributed by atoms with E-state index < -0.39 is 19.5 Å². The summed E-state index contributed by atoms with van der Waals surface area (Å²) in [5.74, 6) is -0.547. The molecule has 9 heteroatoms. The summed E-state index contributed by atoms with van der Waals surface area (Å²) >= 11 is 7.01. The van der Waals surface area contributed by atoms with Crippen LogP contribution >= 0.6 is 39.5 Å². The molecule has 0 aliphatic carbocycles. The molecular formula is C35H26Br2NO5P. The van der Waals surface area contributed by atoms with Gasteiger partial charge in [0.2, 0.25) is 0 Å². The largest absolute Gasteiger partial charge is 0.457 e. The number of carbonyl (C=O) groups is 1. The number of hydrogen-bond donors (Lipinski definition) is 1. The number of halogens is 2. The number of rotatable bonds is 9. The Balaban J connectivity index is 1.38. The Bertz CT molecular complexity index is 1900. The van der Waals surface area contributed by atoms with Crippen LogP contribution in [0.15, 0.2) is 142 Å². The van der Waals surface area contributed by atoms with E-state index in [4.69, 9.17) is 13.8 Å². The highest BCUT2D eigenvalue weighted by Gasteiger charge is 2.42. The molecule has 44 heavy (non-hydrogen) atoms. The van der Waals surface area contributed by atoms with Gasteiger partial charge in [0.25, 0.3) is 0 Å². The molecule has 6 aromatic carbocycles. The molecule has 1 unspecified atom stereocenters. The zero-order valence-electron chi connectivity index (χ0n) is 23.2. The van der Waals surface area contributed by atoms with Gasteiger partial charge in [0.15, 0.2) is 5.78 Å². The van der Waals surface area contributed by atoms with Crippen molar-refractivity contribution < 1.29 is 23.1 Å². The average molecular weight is 731 g/mol. The van der Waals surface area contributed by atoms with Gasteiger partial charge in [0.05, 0.1) is 0 Å². The molecule has 0 heterocycles. The lowest BCUT2D eigenvalue weighted by Gasteiger charge is -2.28. The summed E-state index contributed by atoms with van der Waals surface area (Å²) in [6, 6.07) is 40.8. The molecule has 6 rings (SSSR count). The van der Waals surface area contributed by atoms with E-state index in [-0.39, 0.29) is 6.61 Å². The van der Waals surface area contributed by atoms with Gasteiger partial charge in [0.1, 0.15) is 18.1 Å². The van der Waals surface area contributed by atoms with Crippen molar-refractivity contribution in [3.63, 3.8) is 0 Å². The molecule has 0 radical (unpaired) electrons. The van der Waals surface area contributed by atoms with Gasteiger partial charge in [-0.25, -0.2) is 9.36 Å². The zero-order valence-corrected chi connectivity index (χ0v) is 27.3. The van der Waals surface area contributed by atoms with Gasteiger partial charge in [0, 0.05) is 8.95 Å². The van der Waals surface area contributed by atoms with Gasteiger partial charge in [-0.15, -0.1) is 0 Å². The number of hydrogen-bond acceptors (Lipinski definition) is 5. The quantitative estimate of drug-likeness (QED) is 0.150. The fraction of sp³-hybridized carbons (Fsp3) is 0.0571. The summed E-state index contributed by atoms with van der Waals surface area (Å²) in [6.07, 6.45) is -0.762. The smallest absolute Gasteiger partial charge is 0.445 e. The lowest BCUT2D eigenvalue weighted by atomic mass is 10.1. The zero-order chi connectivity index (χ0) is 30.5. The highest BCUT2D eigenvalue weighted by molar-refractivity contribution is 9.10. The van der Waals surface area contributed by atoms with Gasteiger partial charge in [-0.1, -0.05) is 117 Å². The van der Waals surface area contributed by atoms with Gasteiger partial charge in [-0.2, -0.15) is 0 Å². The second kappa shape index (κ2) is 13.3. The number of carbonyl (C=O) groups excluding carboxylic acids is 1. The molecular weight excluding hydrogens is 705 g/mol. The monoisotopic (exact) mass is 729 g/mol. The second-order valence-corrected chi connectivity index (χ2v) is 13.8. The Morgan fingerprint density at radius 2 is 1.11 bits per heavy atom. The van der Waals surface area contributed by atoms with Crippen LogP contribution in [0.5, 0.6) is 11.5 Å². The third-order valence-corrected chi connectivity index (χ3v) is 9.89. The molecule has 1 N–H and O–H groups in total. The molecule has 0 fully saturated rings. The van der Waals surface area contributed by atoms with Crippen LogP contribution in [0.3, 0.4) is 0 Å². The van der Waals surface area contributed by atoms with Crippen molar-refractivity contribution in [3.8, 4) is 11.5 Å². The molecule has 220 valence electrons. The fourth-order valence-electron chi connectivity index (χ4n) is 4.78. The third kappa shape index (κ3) is 7.16. The molecule has 1 atom stereocenters. The first kappa shape index (κ1) is 29.9. The number of fused-ring (bicyclic) bond motifs is 2. The Kier molecular flexibility index (Phi) is 9.03. The van der Waals surface area contributed by atoms with E-state index in [9.17, 15) is 4.79 Å². The highest BCUT2D eigenvalue weighted by Crippen LogP contribution is 2.59. The molecule has 0 aliphatic heterocycles. The standard InChI is InChI=1S/C35H26Br2NO5P/c36-30-15-11-28-21-32(17-13-26(28)19-30)42-44(40,43-33-18-14-27-20-31(37)16-12-29(27)22-33)34(25-9-5-2-6-10-25)38-35(39)41-23-24-7-3-1-4-8-24/h1-22,34H,23H2,(H,38,39). The van der Waals surface area contributed by atoms with Crippen molar-refractivity contribution in [3.05, 3.63) is 154 Å². The summed E-state index contributed by atoms with van der Waals surface area (Å²) in [6.45, 7) is 0.0423. The molecule has 0 saturated carbocycles. The number of benzene rings is 6. The fourth-order valence-corrected chi connectivity index (χ4v) is 7.40. The summed E-state index contributed by atoms with van der Waals surface area (Å²) < 4.78 is 35.1. The Labute approximate surface area is 271 Å². The van der Waals surface area contributed by atoms with Gasteiger partial charge in [-0.3, -0.25) is 0 Å². The van der Waals surface area contributed by atoms with E-state index in [1.165, 1.54) is 0 Å². The van der Waals surface area contributed by atoms with Gasteiger partial charge < -0.3 is 19.1 Å². The summed E-state index contributed by atoms with van der Waals surface area (Å²) in [7, 11) is -4.25. The van der Waals surface area contributed by atoms with E-state index >= 15 is 4.57 Å². The molecule has 0 saturated heterocycles. The first-order valence-electron chi connectivity index (χ1n) is 13.7. The predicted molar refractivity (Wildman–Crippen MR) is 181 cm³/mol. The molecule has 6 nitrogen and oxygen atoms in total. The molecule has 1 amide bonds. The minimum absolute atomic E-state index is 0.0423. The highest BCUT2D eigenvalue weighted by atomic mass is 79.9. The first-order valence-corrected chi connectivity index (χ1v) is 16.9. The number of alkyl carbamates (subject to hydrolysis) is 1. The van der Waals surface area contributed by atoms with Crippen LogP contribution in [0.1, 0.15) is 16.9 Å². The van der Waals surface area contributed by atoms with Crippen molar-refractivity contribution in [2.75, 3.05) is 0 Å². The van der Waals surface area contributed by atoms with Gasteiger partial charge in [-0.05, 0) is 81.2 Å².